The molecule has 3 aromatic heterocycles. The van der Waals surface area contributed by atoms with Gasteiger partial charge >= 0.3 is 0 Å². The minimum Gasteiger partial charge on any atom is -0.434 e. The molecule has 0 aliphatic rings. The van der Waals surface area contributed by atoms with Gasteiger partial charge in [0.1, 0.15) is 17.6 Å². The molecule has 3 aromatic rings. The molecule has 0 saturated heterocycles. The molecule has 0 fully saturated rings. The van der Waals surface area contributed by atoms with E-state index in [1.54, 1.807) is 10.9 Å². The van der Waals surface area contributed by atoms with Crippen molar-refractivity contribution in [2.24, 2.45) is 0 Å². The third-order valence-electron chi connectivity index (χ3n) is 3.52. The van der Waals surface area contributed by atoms with Crippen LogP contribution in [0.5, 0.6) is 0 Å². The Bertz CT molecular complexity index is 893. The number of nitrogens with one attached hydrogen (secondary N) is 1. The van der Waals surface area contributed by atoms with Crippen molar-refractivity contribution >= 4 is 42.0 Å². The molecule has 0 unspecified atom stereocenters. The summed E-state index contributed by atoms with van der Waals surface area (Å²) < 4.78 is 13.0. The molecule has 0 aromatic carbocycles. The second-order valence-corrected chi connectivity index (χ2v) is 13.0. The normalized spacial score (nSPS) is 12.5. The van der Waals surface area contributed by atoms with Gasteiger partial charge in [-0.1, -0.05) is 31.4 Å². The van der Waals surface area contributed by atoms with E-state index in [0.29, 0.717) is 40.7 Å². The van der Waals surface area contributed by atoms with E-state index in [1.165, 1.54) is 11.8 Å². The van der Waals surface area contributed by atoms with Gasteiger partial charge in [-0.15, -0.1) is 0 Å². The number of ether oxygens (including phenoxy) is 1. The fourth-order valence-corrected chi connectivity index (χ4v) is 3.36. The highest BCUT2D eigenvalue weighted by Crippen LogP contribution is 2.25. The molecule has 0 saturated carbocycles. The first-order valence-electron chi connectivity index (χ1n) is 7.39. The van der Waals surface area contributed by atoms with Gasteiger partial charge in [0.05, 0.1) is 6.20 Å². The van der Waals surface area contributed by atoms with Crippen molar-refractivity contribution in [1.82, 2.24) is 19.7 Å². The SMILES string of the molecule is CSc1nc2oc3cnn(COCC[Si](C)(C)C)c3c2c(=O)[nH]1. The highest BCUT2D eigenvalue weighted by Gasteiger charge is 2.18. The zero-order chi connectivity index (χ0) is 16.6. The van der Waals surface area contributed by atoms with Gasteiger partial charge < -0.3 is 14.1 Å². The summed E-state index contributed by atoms with van der Waals surface area (Å²) in [6, 6.07) is 1.09. The van der Waals surface area contributed by atoms with Gasteiger partial charge in [0.25, 0.3) is 5.56 Å². The van der Waals surface area contributed by atoms with Crippen LogP contribution in [-0.4, -0.2) is 40.7 Å². The lowest BCUT2D eigenvalue weighted by atomic mass is 10.3. The number of H-pyrrole nitrogens is 1. The van der Waals surface area contributed by atoms with Crippen LogP contribution < -0.4 is 5.56 Å². The Balaban J connectivity index is 1.90. The Hall–Kier alpha value is -1.58. The molecule has 7 nitrogen and oxygen atoms in total. The standard InChI is InChI=1S/C14H20N4O3SSi/c1-22-14-16-12(19)10-11-9(21-13(10)17-14)7-15-18(11)8-20-5-6-23(2,3)4/h7H,5-6,8H2,1-4H3,(H,16,17,19). The van der Waals surface area contributed by atoms with Crippen molar-refractivity contribution in [2.75, 3.05) is 12.9 Å². The molecule has 3 heterocycles. The first kappa shape index (κ1) is 16.3. The molecule has 0 aliphatic carbocycles. The van der Waals surface area contributed by atoms with E-state index in [0.717, 1.165) is 6.04 Å². The quantitative estimate of drug-likeness (QED) is 0.318. The summed E-state index contributed by atoms with van der Waals surface area (Å²) in [7, 11) is -1.12. The van der Waals surface area contributed by atoms with Crippen molar-refractivity contribution in [3.63, 3.8) is 0 Å². The molecule has 3 rings (SSSR count). The maximum Gasteiger partial charge on any atom is 0.265 e. The Morgan fingerprint density at radius 1 is 1.43 bits per heavy atom. The zero-order valence-electron chi connectivity index (χ0n) is 13.7. The third kappa shape index (κ3) is 3.36. The van der Waals surface area contributed by atoms with Gasteiger partial charge in [0.15, 0.2) is 10.7 Å². The van der Waals surface area contributed by atoms with Gasteiger partial charge in [-0.05, 0) is 12.3 Å². The number of fused-ring (bicyclic) bond motifs is 3. The van der Waals surface area contributed by atoms with E-state index in [1.807, 2.05) is 6.26 Å². The Morgan fingerprint density at radius 2 is 2.22 bits per heavy atom. The molecule has 0 amide bonds. The molecular formula is C14H20N4O3SSi. The van der Waals surface area contributed by atoms with Crippen molar-refractivity contribution in [3.05, 3.63) is 16.6 Å². The summed E-state index contributed by atoms with van der Waals surface area (Å²) in [6.45, 7) is 7.91. The van der Waals surface area contributed by atoms with Crippen LogP contribution in [0, 0.1) is 0 Å². The minimum atomic E-state index is -1.12. The van der Waals surface area contributed by atoms with E-state index < -0.39 is 8.07 Å². The van der Waals surface area contributed by atoms with Gasteiger partial charge in [-0.25, -0.2) is 4.68 Å². The first-order chi connectivity index (χ1) is 10.9. The highest BCUT2D eigenvalue weighted by atomic mass is 32.2. The monoisotopic (exact) mass is 352 g/mol. The number of nitrogens with zero attached hydrogens (tertiary/aromatic N) is 3. The molecule has 0 aliphatic heterocycles. The summed E-state index contributed by atoms with van der Waals surface area (Å²) in [5, 5.41) is 5.20. The summed E-state index contributed by atoms with van der Waals surface area (Å²) in [5.41, 5.74) is 1.29. The number of thioether (sulfide) groups is 1. The minimum absolute atomic E-state index is 0.220. The second-order valence-electron chi connectivity index (χ2n) is 6.56. The van der Waals surface area contributed by atoms with Crippen molar-refractivity contribution in [3.8, 4) is 0 Å². The molecule has 0 atom stereocenters. The van der Waals surface area contributed by atoms with E-state index in [9.17, 15) is 4.79 Å². The second kappa shape index (κ2) is 6.14. The van der Waals surface area contributed by atoms with E-state index in [4.69, 9.17) is 9.15 Å². The number of hydrogen-bond donors (Lipinski definition) is 1. The molecular weight excluding hydrogens is 332 g/mol. The van der Waals surface area contributed by atoms with Gasteiger partial charge in [0, 0.05) is 14.7 Å². The fourth-order valence-electron chi connectivity index (χ4n) is 2.24. The molecule has 0 spiro atoms. The zero-order valence-corrected chi connectivity index (χ0v) is 15.5. The summed E-state index contributed by atoms with van der Waals surface area (Å²) in [5.74, 6) is 0. The Kier molecular flexibility index (Phi) is 4.34. The lowest BCUT2D eigenvalue weighted by Gasteiger charge is -2.15. The maximum atomic E-state index is 12.3. The third-order valence-corrected chi connectivity index (χ3v) is 5.80. The number of rotatable bonds is 6. The van der Waals surface area contributed by atoms with Gasteiger partial charge in [-0.2, -0.15) is 10.1 Å². The van der Waals surface area contributed by atoms with Crippen LogP contribution in [0.4, 0.5) is 0 Å². The molecule has 124 valence electrons. The lowest BCUT2D eigenvalue weighted by molar-refractivity contribution is 0.0818. The predicted octanol–water partition coefficient (Wildman–Crippen LogP) is 2.90. The molecule has 0 radical (unpaired) electrons. The van der Waals surface area contributed by atoms with Crippen LogP contribution >= 0.6 is 11.8 Å². The van der Waals surface area contributed by atoms with Crippen LogP contribution in [0.3, 0.4) is 0 Å². The topological polar surface area (TPSA) is 85.9 Å². The van der Waals surface area contributed by atoms with Crippen LogP contribution in [0.2, 0.25) is 25.7 Å². The summed E-state index contributed by atoms with van der Waals surface area (Å²) >= 11 is 1.36. The van der Waals surface area contributed by atoms with Crippen LogP contribution in [0.25, 0.3) is 22.2 Å². The van der Waals surface area contributed by atoms with Crippen LogP contribution in [0.15, 0.2) is 20.6 Å². The Labute approximate surface area is 138 Å². The lowest BCUT2D eigenvalue weighted by Crippen LogP contribution is -2.22. The van der Waals surface area contributed by atoms with Gasteiger partial charge in [-0.3, -0.25) is 4.79 Å². The average Bonchev–Trinajstić information content (AvgIpc) is 3.01. The fraction of sp³-hybridized carbons (Fsp3) is 0.500. The molecule has 9 heteroatoms. The first-order valence-corrected chi connectivity index (χ1v) is 12.3. The highest BCUT2D eigenvalue weighted by molar-refractivity contribution is 7.98. The molecule has 1 N–H and O–H groups in total. The number of hydrogen-bond acceptors (Lipinski definition) is 6. The summed E-state index contributed by atoms with van der Waals surface area (Å²) in [6.07, 6.45) is 3.44. The largest absolute Gasteiger partial charge is 0.434 e. The maximum absolute atomic E-state index is 12.3. The smallest absolute Gasteiger partial charge is 0.265 e. The van der Waals surface area contributed by atoms with Crippen molar-refractivity contribution in [2.45, 2.75) is 37.6 Å². The van der Waals surface area contributed by atoms with E-state index in [-0.39, 0.29) is 5.56 Å². The average molecular weight is 352 g/mol. The van der Waals surface area contributed by atoms with E-state index >= 15 is 0 Å². The van der Waals surface area contributed by atoms with E-state index in [2.05, 4.69) is 34.7 Å². The molecule has 23 heavy (non-hydrogen) atoms. The van der Waals surface area contributed by atoms with Crippen molar-refractivity contribution in [1.29, 1.82) is 0 Å². The summed E-state index contributed by atoms with van der Waals surface area (Å²) in [4.78, 5) is 19.3. The number of furan rings is 1. The van der Waals surface area contributed by atoms with Crippen molar-refractivity contribution < 1.29 is 9.15 Å². The molecule has 0 bridgehead atoms. The Morgan fingerprint density at radius 3 is 2.91 bits per heavy atom. The number of aromatic amines is 1. The number of aromatic nitrogens is 4. The van der Waals surface area contributed by atoms with Crippen LogP contribution in [0.1, 0.15) is 0 Å². The predicted molar refractivity (Wildman–Crippen MR) is 93.8 cm³/mol. The van der Waals surface area contributed by atoms with Gasteiger partial charge in [0.2, 0.25) is 5.71 Å². The van der Waals surface area contributed by atoms with Crippen LogP contribution in [-0.2, 0) is 11.5 Å².